The highest BCUT2D eigenvalue weighted by Gasteiger charge is 2.55. The van der Waals surface area contributed by atoms with Gasteiger partial charge in [0.05, 0.1) is 0 Å². The molecule has 0 saturated carbocycles. The van der Waals surface area contributed by atoms with Crippen LogP contribution in [0.15, 0.2) is 42.5 Å². The van der Waals surface area contributed by atoms with Crippen molar-refractivity contribution in [3.8, 4) is 0 Å². The molecule has 1 atom stereocenters. The summed E-state index contributed by atoms with van der Waals surface area (Å²) in [6.45, 7) is 1.92. The maximum Gasteiger partial charge on any atom is 0.248 e. The number of rotatable bonds is 4. The minimum absolute atomic E-state index is 0.0205. The molecule has 2 aliphatic heterocycles. The number of benzene rings is 1. The summed E-state index contributed by atoms with van der Waals surface area (Å²) in [5.41, 5.74) is 0.426. The molecule has 0 spiro atoms. The monoisotopic (exact) mass is 313 g/mol. The molecule has 2 fully saturated rings. The predicted molar refractivity (Wildman–Crippen MR) is 88.5 cm³/mol. The van der Waals surface area contributed by atoms with Crippen LogP contribution in [-0.4, -0.2) is 60.2 Å². The van der Waals surface area contributed by atoms with Gasteiger partial charge in [-0.05, 0) is 19.7 Å². The molecule has 1 aromatic carbocycles. The lowest BCUT2D eigenvalue weighted by molar-refractivity contribution is -0.138. The van der Waals surface area contributed by atoms with Gasteiger partial charge in [0.2, 0.25) is 11.8 Å². The van der Waals surface area contributed by atoms with E-state index >= 15 is 0 Å². The molecule has 2 amide bonds. The average molecular weight is 313 g/mol. The summed E-state index contributed by atoms with van der Waals surface area (Å²) in [7, 11) is 3.93. The van der Waals surface area contributed by atoms with Crippen LogP contribution in [0.25, 0.3) is 0 Å². The molecule has 122 valence electrons. The SMILES string of the molecule is CN(C)C/C=C/C(=O)N1CCN2C(=O)CCC12c1ccccc1. The van der Waals surface area contributed by atoms with Crippen molar-refractivity contribution in [1.29, 1.82) is 0 Å². The molecule has 23 heavy (non-hydrogen) atoms. The summed E-state index contributed by atoms with van der Waals surface area (Å²) in [4.78, 5) is 30.7. The van der Waals surface area contributed by atoms with Crippen molar-refractivity contribution < 1.29 is 9.59 Å². The van der Waals surface area contributed by atoms with Crippen molar-refractivity contribution in [1.82, 2.24) is 14.7 Å². The molecule has 0 bridgehead atoms. The first-order valence-electron chi connectivity index (χ1n) is 8.04. The Labute approximate surface area is 137 Å². The molecule has 0 aromatic heterocycles. The quantitative estimate of drug-likeness (QED) is 0.790. The maximum absolute atomic E-state index is 12.7. The fraction of sp³-hybridized carbons (Fsp3) is 0.444. The second-order valence-electron chi connectivity index (χ2n) is 6.38. The van der Waals surface area contributed by atoms with Gasteiger partial charge in [-0.2, -0.15) is 0 Å². The molecule has 1 unspecified atom stereocenters. The van der Waals surface area contributed by atoms with Crippen LogP contribution in [0, 0.1) is 0 Å². The standard InChI is InChI=1S/C18H23N3O2/c1-19(2)12-6-9-16(22)20-13-14-21-17(23)10-11-18(20,21)15-7-4-3-5-8-15/h3-9H,10-14H2,1-2H3/b9-6+. The van der Waals surface area contributed by atoms with Crippen LogP contribution in [0.3, 0.4) is 0 Å². The molecule has 2 saturated heterocycles. The lowest BCUT2D eigenvalue weighted by atomic mass is 9.95. The van der Waals surface area contributed by atoms with Gasteiger partial charge in [0.15, 0.2) is 0 Å². The van der Waals surface area contributed by atoms with Gasteiger partial charge >= 0.3 is 0 Å². The summed E-state index contributed by atoms with van der Waals surface area (Å²) in [6, 6.07) is 9.92. The Morgan fingerprint density at radius 2 is 2.00 bits per heavy atom. The third kappa shape index (κ3) is 2.65. The van der Waals surface area contributed by atoms with E-state index in [1.165, 1.54) is 0 Å². The molecule has 5 heteroatoms. The van der Waals surface area contributed by atoms with Gasteiger partial charge in [0.25, 0.3) is 0 Å². The number of nitrogens with zero attached hydrogens (tertiary/aromatic N) is 3. The second kappa shape index (κ2) is 6.16. The number of hydrogen-bond donors (Lipinski definition) is 0. The third-order valence-electron chi connectivity index (χ3n) is 4.66. The Bertz CT molecular complexity index is 626. The number of carbonyl (C=O) groups is 2. The summed E-state index contributed by atoms with van der Waals surface area (Å²) in [5, 5.41) is 0. The zero-order valence-electron chi connectivity index (χ0n) is 13.7. The fourth-order valence-corrected chi connectivity index (χ4v) is 3.64. The zero-order valence-corrected chi connectivity index (χ0v) is 13.7. The summed E-state index contributed by atoms with van der Waals surface area (Å²) in [6.07, 6.45) is 4.68. The number of amides is 2. The van der Waals surface area contributed by atoms with Crippen molar-refractivity contribution in [3.05, 3.63) is 48.0 Å². The third-order valence-corrected chi connectivity index (χ3v) is 4.66. The van der Waals surface area contributed by atoms with E-state index in [4.69, 9.17) is 0 Å². The van der Waals surface area contributed by atoms with E-state index in [1.807, 2.05) is 65.2 Å². The molecule has 2 aliphatic rings. The summed E-state index contributed by atoms with van der Waals surface area (Å²) < 4.78 is 0. The summed E-state index contributed by atoms with van der Waals surface area (Å²) in [5.74, 6) is 0.120. The van der Waals surface area contributed by atoms with E-state index < -0.39 is 5.66 Å². The van der Waals surface area contributed by atoms with Crippen molar-refractivity contribution in [2.45, 2.75) is 18.5 Å². The first-order valence-corrected chi connectivity index (χ1v) is 8.04. The maximum atomic E-state index is 12.7. The van der Waals surface area contributed by atoms with Gasteiger partial charge in [-0.25, -0.2) is 0 Å². The Balaban J connectivity index is 1.92. The van der Waals surface area contributed by atoms with E-state index in [1.54, 1.807) is 6.08 Å². The predicted octanol–water partition coefficient (Wildman–Crippen LogP) is 1.42. The van der Waals surface area contributed by atoms with Crippen molar-refractivity contribution in [2.24, 2.45) is 0 Å². The normalized spacial score (nSPS) is 24.0. The van der Waals surface area contributed by atoms with E-state index in [-0.39, 0.29) is 11.8 Å². The summed E-state index contributed by atoms with van der Waals surface area (Å²) >= 11 is 0. The molecule has 5 nitrogen and oxygen atoms in total. The first-order chi connectivity index (χ1) is 11.1. The second-order valence-corrected chi connectivity index (χ2v) is 6.38. The number of hydrogen-bond acceptors (Lipinski definition) is 3. The molecule has 0 radical (unpaired) electrons. The van der Waals surface area contributed by atoms with Gasteiger partial charge in [0, 0.05) is 38.6 Å². The van der Waals surface area contributed by atoms with Crippen LogP contribution in [0.5, 0.6) is 0 Å². The van der Waals surface area contributed by atoms with Gasteiger partial charge in [-0.1, -0.05) is 36.4 Å². The van der Waals surface area contributed by atoms with Gasteiger partial charge in [0.1, 0.15) is 5.66 Å². The Morgan fingerprint density at radius 3 is 2.70 bits per heavy atom. The highest BCUT2D eigenvalue weighted by molar-refractivity contribution is 5.90. The average Bonchev–Trinajstić information content (AvgIpc) is 3.07. The van der Waals surface area contributed by atoms with Gasteiger partial charge in [-0.3, -0.25) is 9.59 Å². The topological polar surface area (TPSA) is 43.9 Å². The fourth-order valence-electron chi connectivity index (χ4n) is 3.64. The minimum Gasteiger partial charge on any atom is -0.314 e. The van der Waals surface area contributed by atoms with Crippen molar-refractivity contribution >= 4 is 11.8 Å². The van der Waals surface area contributed by atoms with Crippen LogP contribution in [0.4, 0.5) is 0 Å². The van der Waals surface area contributed by atoms with Crippen LogP contribution in [-0.2, 0) is 15.3 Å². The molecular formula is C18H23N3O2. The molecule has 2 heterocycles. The highest BCUT2D eigenvalue weighted by Crippen LogP contribution is 2.45. The molecule has 1 aromatic rings. The highest BCUT2D eigenvalue weighted by atomic mass is 16.2. The first kappa shape index (κ1) is 15.7. The number of likely N-dealkylation sites (N-methyl/N-ethyl adjacent to an activating group) is 1. The number of carbonyl (C=O) groups excluding carboxylic acids is 2. The molecule has 3 rings (SSSR count). The smallest absolute Gasteiger partial charge is 0.248 e. The Hall–Kier alpha value is -2.14. The molecule has 0 N–H and O–H groups in total. The lowest BCUT2D eigenvalue weighted by Crippen LogP contribution is -2.49. The minimum atomic E-state index is -0.599. The van der Waals surface area contributed by atoms with Crippen molar-refractivity contribution in [3.63, 3.8) is 0 Å². The van der Waals surface area contributed by atoms with Crippen LogP contribution in [0.1, 0.15) is 18.4 Å². The van der Waals surface area contributed by atoms with Crippen LogP contribution in [0.2, 0.25) is 0 Å². The van der Waals surface area contributed by atoms with Gasteiger partial charge in [-0.15, -0.1) is 0 Å². The largest absolute Gasteiger partial charge is 0.314 e. The van der Waals surface area contributed by atoms with Crippen LogP contribution >= 0.6 is 0 Å². The van der Waals surface area contributed by atoms with E-state index in [0.29, 0.717) is 25.9 Å². The van der Waals surface area contributed by atoms with Gasteiger partial charge < -0.3 is 14.7 Å². The van der Waals surface area contributed by atoms with E-state index in [0.717, 1.165) is 12.1 Å². The van der Waals surface area contributed by atoms with E-state index in [9.17, 15) is 9.59 Å². The van der Waals surface area contributed by atoms with Crippen molar-refractivity contribution in [2.75, 3.05) is 33.7 Å². The lowest BCUT2D eigenvalue weighted by Gasteiger charge is -2.39. The Kier molecular flexibility index (Phi) is 4.22. The van der Waals surface area contributed by atoms with E-state index in [2.05, 4.69) is 0 Å². The zero-order chi connectivity index (χ0) is 16.4. The molecule has 0 aliphatic carbocycles. The number of fused-ring (bicyclic) bond motifs is 1. The molecular weight excluding hydrogens is 290 g/mol. The Morgan fingerprint density at radius 1 is 1.26 bits per heavy atom. The van der Waals surface area contributed by atoms with Crippen LogP contribution < -0.4 is 0 Å².